The Labute approximate surface area is 206 Å². The fraction of sp³-hybridized carbons (Fsp3) is 0.267. The van der Waals surface area contributed by atoms with Gasteiger partial charge in [-0.2, -0.15) is 0 Å². The van der Waals surface area contributed by atoms with Crippen molar-refractivity contribution in [3.8, 4) is 5.75 Å². The van der Waals surface area contributed by atoms with Crippen molar-refractivity contribution in [2.24, 2.45) is 0 Å². The summed E-state index contributed by atoms with van der Waals surface area (Å²) in [6.45, 7) is 10.1. The summed E-state index contributed by atoms with van der Waals surface area (Å²) in [6, 6.07) is 19.9. The molecule has 3 aromatic rings. The van der Waals surface area contributed by atoms with Crippen molar-refractivity contribution in [2.45, 2.75) is 46.1 Å². The van der Waals surface area contributed by atoms with E-state index in [0.29, 0.717) is 17.0 Å². The Morgan fingerprint density at radius 3 is 2.20 bits per heavy atom. The lowest BCUT2D eigenvalue weighted by molar-refractivity contribution is -0.132. The maximum Gasteiger partial charge on any atom is 0.300 e. The molecule has 1 fully saturated rings. The van der Waals surface area contributed by atoms with Crippen LogP contribution < -0.4 is 9.64 Å². The van der Waals surface area contributed by atoms with E-state index in [1.54, 1.807) is 6.07 Å². The first-order valence-corrected chi connectivity index (χ1v) is 11.7. The molecular weight excluding hydrogens is 438 g/mol. The van der Waals surface area contributed by atoms with Gasteiger partial charge in [-0.05, 0) is 54.7 Å². The second kappa shape index (κ2) is 9.06. The van der Waals surface area contributed by atoms with Gasteiger partial charge in [0.15, 0.2) is 0 Å². The van der Waals surface area contributed by atoms with Gasteiger partial charge in [-0.1, -0.05) is 74.4 Å². The maximum atomic E-state index is 13.5. The van der Waals surface area contributed by atoms with Gasteiger partial charge in [0.2, 0.25) is 0 Å². The van der Waals surface area contributed by atoms with Crippen LogP contribution in [0.25, 0.3) is 5.76 Å². The third-order valence-corrected chi connectivity index (χ3v) is 6.44. The molecule has 1 saturated heterocycles. The molecular formula is C30H31NO4. The number of amides is 1. The molecule has 1 N–H and O–H groups in total. The third-order valence-electron chi connectivity index (χ3n) is 6.44. The van der Waals surface area contributed by atoms with Crippen molar-refractivity contribution >= 4 is 23.1 Å². The van der Waals surface area contributed by atoms with Crippen molar-refractivity contribution in [3.05, 3.63) is 100 Å². The number of aryl methyl sites for hydroxylation is 2. The quantitative estimate of drug-likeness (QED) is 0.279. The van der Waals surface area contributed by atoms with Gasteiger partial charge < -0.3 is 9.84 Å². The summed E-state index contributed by atoms with van der Waals surface area (Å²) < 4.78 is 5.54. The number of Topliss-reactive ketones (excluding diaryl/α,β-unsaturated/α-hetero) is 1. The van der Waals surface area contributed by atoms with Crippen molar-refractivity contribution in [2.75, 3.05) is 12.0 Å². The van der Waals surface area contributed by atoms with E-state index in [9.17, 15) is 14.7 Å². The van der Waals surface area contributed by atoms with Gasteiger partial charge >= 0.3 is 0 Å². The molecule has 1 aliphatic rings. The van der Waals surface area contributed by atoms with E-state index < -0.39 is 17.7 Å². The lowest BCUT2D eigenvalue weighted by atomic mass is 9.85. The smallest absolute Gasteiger partial charge is 0.300 e. The molecule has 1 heterocycles. The minimum atomic E-state index is -0.777. The fourth-order valence-electron chi connectivity index (χ4n) is 4.46. The molecule has 1 aliphatic heterocycles. The Bertz CT molecular complexity index is 1330. The monoisotopic (exact) mass is 469 g/mol. The molecule has 0 aromatic heterocycles. The zero-order valence-corrected chi connectivity index (χ0v) is 21.0. The normalized spacial score (nSPS) is 17.7. The summed E-state index contributed by atoms with van der Waals surface area (Å²) in [5, 5.41) is 11.6. The van der Waals surface area contributed by atoms with Crippen LogP contribution in [0.3, 0.4) is 0 Å². The summed E-state index contributed by atoms with van der Waals surface area (Å²) in [4.78, 5) is 28.3. The summed E-state index contributed by atoms with van der Waals surface area (Å²) in [6.07, 6.45) is 0. The highest BCUT2D eigenvalue weighted by atomic mass is 16.5. The third kappa shape index (κ3) is 4.46. The van der Waals surface area contributed by atoms with Gasteiger partial charge in [0.25, 0.3) is 11.7 Å². The van der Waals surface area contributed by atoms with Gasteiger partial charge in [-0.15, -0.1) is 0 Å². The molecule has 0 bridgehead atoms. The molecule has 0 saturated carbocycles. The Morgan fingerprint density at radius 1 is 0.914 bits per heavy atom. The minimum Gasteiger partial charge on any atom is -0.507 e. The van der Waals surface area contributed by atoms with E-state index in [2.05, 4.69) is 20.8 Å². The van der Waals surface area contributed by atoms with Crippen LogP contribution in [0.2, 0.25) is 0 Å². The van der Waals surface area contributed by atoms with Crippen LogP contribution in [0.5, 0.6) is 5.75 Å². The molecule has 0 radical (unpaired) electrons. The number of carbonyl (C=O) groups excluding carboxylic acids is 2. The number of hydrogen-bond donors (Lipinski definition) is 1. The zero-order valence-electron chi connectivity index (χ0n) is 21.0. The number of anilines is 1. The van der Waals surface area contributed by atoms with Crippen LogP contribution in [0, 0.1) is 13.8 Å². The lowest BCUT2D eigenvalue weighted by Crippen LogP contribution is -2.29. The second-order valence-electron chi connectivity index (χ2n) is 10.1. The van der Waals surface area contributed by atoms with E-state index in [4.69, 9.17) is 4.74 Å². The SMILES string of the molecule is COc1ccc(C(C)(C)C)cc1/C(O)=C1\C(=O)C(=O)N(c2ccc(C)cc2)C1c1cccc(C)c1. The van der Waals surface area contributed by atoms with E-state index in [1.807, 2.05) is 74.5 Å². The highest BCUT2D eigenvalue weighted by Crippen LogP contribution is 2.44. The Balaban J connectivity index is 2.00. The zero-order chi connectivity index (χ0) is 25.5. The van der Waals surface area contributed by atoms with Crippen LogP contribution >= 0.6 is 0 Å². The van der Waals surface area contributed by atoms with Gasteiger partial charge in [0.1, 0.15) is 11.5 Å². The van der Waals surface area contributed by atoms with Crippen LogP contribution in [0.1, 0.15) is 54.6 Å². The van der Waals surface area contributed by atoms with Crippen molar-refractivity contribution in [3.63, 3.8) is 0 Å². The minimum absolute atomic E-state index is 0.0468. The van der Waals surface area contributed by atoms with E-state index >= 15 is 0 Å². The molecule has 0 spiro atoms. The fourth-order valence-corrected chi connectivity index (χ4v) is 4.46. The molecule has 180 valence electrons. The number of rotatable bonds is 4. The Morgan fingerprint density at radius 2 is 1.60 bits per heavy atom. The van der Waals surface area contributed by atoms with E-state index in [0.717, 1.165) is 22.3 Å². The highest BCUT2D eigenvalue weighted by Gasteiger charge is 2.47. The van der Waals surface area contributed by atoms with Crippen LogP contribution in [-0.4, -0.2) is 23.9 Å². The molecule has 1 atom stereocenters. The maximum absolute atomic E-state index is 13.5. The largest absolute Gasteiger partial charge is 0.507 e. The van der Waals surface area contributed by atoms with Gasteiger partial charge in [0, 0.05) is 5.69 Å². The van der Waals surface area contributed by atoms with Gasteiger partial charge in [-0.25, -0.2) is 0 Å². The standard InChI is InChI=1S/C30H31NO4/c1-18-10-13-22(14-11-18)31-26(20-9-7-8-19(2)16-20)25(28(33)29(31)34)27(32)23-17-21(30(3,4)5)12-15-24(23)35-6/h7-17,26,32H,1-6H3/b27-25+. The molecule has 35 heavy (non-hydrogen) atoms. The van der Waals surface area contributed by atoms with Crippen molar-refractivity contribution < 1.29 is 19.4 Å². The van der Waals surface area contributed by atoms with Crippen LogP contribution in [-0.2, 0) is 15.0 Å². The summed E-state index contributed by atoms with van der Waals surface area (Å²) in [5.74, 6) is -1.21. The van der Waals surface area contributed by atoms with E-state index in [1.165, 1.54) is 12.0 Å². The molecule has 1 unspecified atom stereocenters. The van der Waals surface area contributed by atoms with Crippen LogP contribution in [0.15, 0.2) is 72.3 Å². The first kappa shape index (κ1) is 24.3. The number of hydrogen-bond acceptors (Lipinski definition) is 4. The average Bonchev–Trinajstić information content (AvgIpc) is 3.08. The number of benzene rings is 3. The molecule has 4 rings (SSSR count). The molecule has 5 nitrogen and oxygen atoms in total. The Hall–Kier alpha value is -3.86. The predicted molar refractivity (Wildman–Crippen MR) is 139 cm³/mol. The molecule has 5 heteroatoms. The first-order chi connectivity index (χ1) is 16.5. The number of methoxy groups -OCH3 is 1. The van der Waals surface area contributed by atoms with Crippen molar-refractivity contribution in [1.82, 2.24) is 0 Å². The lowest BCUT2D eigenvalue weighted by Gasteiger charge is -2.26. The number of aliphatic hydroxyl groups excluding tert-OH is 1. The number of nitrogens with zero attached hydrogens (tertiary/aromatic N) is 1. The van der Waals surface area contributed by atoms with Gasteiger partial charge in [-0.3, -0.25) is 14.5 Å². The summed E-state index contributed by atoms with van der Waals surface area (Å²) in [7, 11) is 1.52. The first-order valence-electron chi connectivity index (χ1n) is 11.7. The molecule has 3 aromatic carbocycles. The van der Waals surface area contributed by atoms with Crippen molar-refractivity contribution in [1.29, 1.82) is 0 Å². The Kier molecular flexibility index (Phi) is 6.28. The summed E-state index contributed by atoms with van der Waals surface area (Å²) >= 11 is 0. The number of ketones is 1. The number of carbonyl (C=O) groups is 2. The molecule has 1 amide bonds. The van der Waals surface area contributed by atoms with Gasteiger partial charge in [0.05, 0.1) is 24.3 Å². The van der Waals surface area contributed by atoms with E-state index in [-0.39, 0.29) is 16.7 Å². The second-order valence-corrected chi connectivity index (χ2v) is 10.1. The topological polar surface area (TPSA) is 66.8 Å². The summed E-state index contributed by atoms with van der Waals surface area (Å²) in [5.41, 5.74) is 4.59. The van der Waals surface area contributed by atoms with Crippen LogP contribution in [0.4, 0.5) is 5.69 Å². The number of ether oxygens (including phenoxy) is 1. The average molecular weight is 470 g/mol. The number of aliphatic hydroxyl groups is 1. The highest BCUT2D eigenvalue weighted by molar-refractivity contribution is 6.51. The predicted octanol–water partition coefficient (Wildman–Crippen LogP) is 6.24. The molecule has 0 aliphatic carbocycles.